The lowest BCUT2D eigenvalue weighted by Crippen LogP contribution is -2.55. The first kappa shape index (κ1) is 11.1. The van der Waals surface area contributed by atoms with E-state index in [9.17, 15) is 4.57 Å². The summed E-state index contributed by atoms with van der Waals surface area (Å²) in [5.74, 6) is 0. The zero-order valence-electron chi connectivity index (χ0n) is 8.10. The van der Waals surface area contributed by atoms with Crippen molar-refractivity contribution in [2.24, 2.45) is 0 Å². The van der Waals surface area contributed by atoms with Crippen molar-refractivity contribution >= 4 is 7.82 Å². The molecule has 1 rings (SSSR count). The molecule has 0 saturated carbocycles. The molecule has 1 N–H and O–H groups in total. The van der Waals surface area contributed by atoms with Crippen LogP contribution in [0.5, 0.6) is 0 Å². The van der Waals surface area contributed by atoms with Crippen molar-refractivity contribution in [1.82, 2.24) is 0 Å². The van der Waals surface area contributed by atoms with Gasteiger partial charge in [0.25, 0.3) is 0 Å². The van der Waals surface area contributed by atoms with Crippen LogP contribution in [-0.2, 0) is 13.6 Å². The van der Waals surface area contributed by atoms with Gasteiger partial charge in [-0.1, -0.05) is 0 Å². The van der Waals surface area contributed by atoms with Gasteiger partial charge in [-0.15, -0.1) is 0 Å². The third-order valence-electron chi connectivity index (χ3n) is 2.22. The van der Waals surface area contributed by atoms with E-state index in [-0.39, 0.29) is 13.3 Å². The number of rotatable bonds is 5. The normalized spacial score (nSPS) is 24.8. The Labute approximate surface area is 78.5 Å². The number of hydrogen-bond acceptors (Lipinski definition) is 3. The van der Waals surface area contributed by atoms with Crippen LogP contribution in [0.15, 0.2) is 0 Å². The van der Waals surface area contributed by atoms with Gasteiger partial charge in [0.05, 0.1) is 26.7 Å². The quantitative estimate of drug-likeness (QED) is 0.542. The third-order valence-corrected chi connectivity index (χ3v) is 3.25. The summed E-state index contributed by atoms with van der Waals surface area (Å²) < 4.78 is 21.2. The predicted octanol–water partition coefficient (Wildman–Crippen LogP) is 0.948. The van der Waals surface area contributed by atoms with Gasteiger partial charge in [-0.2, -0.15) is 0 Å². The molecule has 0 aromatic heterocycles. The highest BCUT2D eigenvalue weighted by Crippen LogP contribution is 2.43. The molecule has 6 heteroatoms. The Morgan fingerprint density at radius 1 is 1.46 bits per heavy atom. The standard InChI is InChI=1S/C7H16NO4P/c1-3-11-13(9,10)12-7-8(2)5-4-6-8/h3-7H2,1-2H3/p+1. The van der Waals surface area contributed by atoms with E-state index in [1.165, 1.54) is 0 Å². The summed E-state index contributed by atoms with van der Waals surface area (Å²) in [6.45, 7) is 4.12. The summed E-state index contributed by atoms with van der Waals surface area (Å²) in [6.07, 6.45) is 1.16. The number of nitrogens with zero attached hydrogens (tertiary/aromatic N) is 1. The van der Waals surface area contributed by atoms with Crippen molar-refractivity contribution in [1.29, 1.82) is 0 Å². The van der Waals surface area contributed by atoms with Gasteiger partial charge in [0.2, 0.25) is 0 Å². The fourth-order valence-corrected chi connectivity index (χ4v) is 2.07. The van der Waals surface area contributed by atoms with Crippen molar-refractivity contribution in [3.05, 3.63) is 0 Å². The van der Waals surface area contributed by atoms with Gasteiger partial charge < -0.3 is 9.38 Å². The summed E-state index contributed by atoms with van der Waals surface area (Å²) in [5, 5.41) is 0. The average molecular weight is 210 g/mol. The Morgan fingerprint density at radius 2 is 2.08 bits per heavy atom. The van der Waals surface area contributed by atoms with Gasteiger partial charge in [-0.25, -0.2) is 9.09 Å². The van der Waals surface area contributed by atoms with Gasteiger partial charge in [0.1, 0.15) is 0 Å². The van der Waals surface area contributed by atoms with Crippen LogP contribution in [0.1, 0.15) is 13.3 Å². The maximum absolute atomic E-state index is 11.1. The highest BCUT2D eigenvalue weighted by molar-refractivity contribution is 7.47. The van der Waals surface area contributed by atoms with Gasteiger partial charge in [0, 0.05) is 6.42 Å². The molecule has 1 aliphatic heterocycles. The molecular formula is C7H17NO4P+. The minimum absolute atomic E-state index is 0.192. The number of quaternary nitrogens is 1. The first-order valence-electron chi connectivity index (χ1n) is 4.43. The summed E-state index contributed by atoms with van der Waals surface area (Å²) in [5.41, 5.74) is 0. The fourth-order valence-electron chi connectivity index (χ4n) is 1.24. The molecule has 0 spiro atoms. The van der Waals surface area contributed by atoms with Crippen LogP contribution in [0.3, 0.4) is 0 Å². The minimum Gasteiger partial charge on any atom is -0.303 e. The molecule has 0 aliphatic carbocycles. The molecule has 0 aromatic carbocycles. The number of likely N-dealkylation sites (tertiary alicyclic amines) is 1. The van der Waals surface area contributed by atoms with E-state index in [0.29, 0.717) is 4.48 Å². The Kier molecular flexibility index (Phi) is 3.49. The zero-order valence-corrected chi connectivity index (χ0v) is 9.00. The van der Waals surface area contributed by atoms with E-state index in [1.54, 1.807) is 6.92 Å². The van der Waals surface area contributed by atoms with Crippen LogP contribution >= 0.6 is 7.82 Å². The van der Waals surface area contributed by atoms with E-state index in [2.05, 4.69) is 4.52 Å². The maximum Gasteiger partial charge on any atom is 0.476 e. The summed E-state index contributed by atoms with van der Waals surface area (Å²) in [6, 6.07) is 0. The Hall–Kier alpha value is 0.0700. The first-order valence-corrected chi connectivity index (χ1v) is 5.92. The Bertz CT molecular complexity index is 217. The molecule has 0 amide bonds. The van der Waals surface area contributed by atoms with Crippen molar-refractivity contribution in [3.63, 3.8) is 0 Å². The van der Waals surface area contributed by atoms with Crippen molar-refractivity contribution in [2.45, 2.75) is 13.3 Å². The van der Waals surface area contributed by atoms with E-state index in [4.69, 9.17) is 9.42 Å². The topological polar surface area (TPSA) is 55.8 Å². The molecule has 1 unspecified atom stereocenters. The van der Waals surface area contributed by atoms with Crippen LogP contribution in [0.4, 0.5) is 0 Å². The zero-order chi connectivity index (χ0) is 9.95. The molecule has 0 aromatic rings. The highest BCUT2D eigenvalue weighted by Gasteiger charge is 2.34. The Balaban J connectivity index is 2.28. The van der Waals surface area contributed by atoms with Gasteiger partial charge in [-0.05, 0) is 6.92 Å². The molecule has 1 fully saturated rings. The summed E-state index contributed by atoms with van der Waals surface area (Å²) in [7, 11) is -1.79. The minimum atomic E-state index is -3.78. The van der Waals surface area contributed by atoms with Crippen LogP contribution in [0, 0.1) is 0 Å². The lowest BCUT2D eigenvalue weighted by molar-refractivity contribution is -0.960. The monoisotopic (exact) mass is 210 g/mol. The second kappa shape index (κ2) is 4.07. The molecular weight excluding hydrogens is 193 g/mol. The number of hydrogen-bond donors (Lipinski definition) is 1. The molecule has 13 heavy (non-hydrogen) atoms. The lowest BCUT2D eigenvalue weighted by Gasteiger charge is -2.41. The maximum atomic E-state index is 11.1. The molecule has 1 aliphatic rings. The Morgan fingerprint density at radius 3 is 2.46 bits per heavy atom. The van der Waals surface area contributed by atoms with Crippen molar-refractivity contribution in [2.75, 3.05) is 33.5 Å². The molecule has 1 saturated heterocycles. The predicted molar refractivity (Wildman–Crippen MR) is 47.9 cm³/mol. The van der Waals surface area contributed by atoms with Crippen LogP contribution < -0.4 is 0 Å². The van der Waals surface area contributed by atoms with Gasteiger partial charge in [0.15, 0.2) is 6.73 Å². The molecule has 1 atom stereocenters. The van der Waals surface area contributed by atoms with Crippen LogP contribution in [0.25, 0.3) is 0 Å². The molecule has 78 valence electrons. The SMILES string of the molecule is CCOP(=O)(O)OC[N+]1(C)CCC1. The summed E-state index contributed by atoms with van der Waals surface area (Å²) in [4.78, 5) is 9.10. The number of phosphoric ester groups is 1. The fraction of sp³-hybridized carbons (Fsp3) is 1.00. The van der Waals surface area contributed by atoms with Crippen LogP contribution in [-0.4, -0.2) is 42.9 Å². The van der Waals surface area contributed by atoms with E-state index in [0.717, 1.165) is 19.5 Å². The van der Waals surface area contributed by atoms with E-state index < -0.39 is 7.82 Å². The summed E-state index contributed by atoms with van der Waals surface area (Å²) >= 11 is 0. The average Bonchev–Trinajstić information content (AvgIpc) is 1.97. The molecule has 0 radical (unpaired) electrons. The second-order valence-corrected chi connectivity index (χ2v) is 5.02. The first-order chi connectivity index (χ1) is 5.97. The lowest BCUT2D eigenvalue weighted by atomic mass is 10.2. The molecule has 1 heterocycles. The van der Waals surface area contributed by atoms with Crippen LogP contribution in [0.2, 0.25) is 0 Å². The van der Waals surface area contributed by atoms with Gasteiger partial charge >= 0.3 is 7.82 Å². The largest absolute Gasteiger partial charge is 0.476 e. The number of phosphoric acid groups is 1. The van der Waals surface area contributed by atoms with E-state index >= 15 is 0 Å². The highest BCUT2D eigenvalue weighted by atomic mass is 31.2. The molecule has 0 bridgehead atoms. The van der Waals surface area contributed by atoms with Crippen molar-refractivity contribution in [3.8, 4) is 0 Å². The van der Waals surface area contributed by atoms with Gasteiger partial charge in [-0.3, -0.25) is 4.52 Å². The van der Waals surface area contributed by atoms with E-state index in [1.807, 2.05) is 7.05 Å². The smallest absolute Gasteiger partial charge is 0.303 e. The second-order valence-electron chi connectivity index (χ2n) is 3.56. The van der Waals surface area contributed by atoms with Crippen molar-refractivity contribution < 1.29 is 23.0 Å². The third kappa shape index (κ3) is 3.37. The molecule has 5 nitrogen and oxygen atoms in total.